The number of thiazole rings is 1. The second-order valence-electron chi connectivity index (χ2n) is 9.70. The van der Waals surface area contributed by atoms with Crippen LogP contribution in [0.15, 0.2) is 121 Å². The molecule has 0 atom stereocenters. The van der Waals surface area contributed by atoms with Crippen molar-refractivity contribution in [2.24, 2.45) is 0 Å². The number of carbonyl (C=O) groups excluding carboxylic acids is 2. The molecule has 4 aromatic carbocycles. The van der Waals surface area contributed by atoms with Crippen molar-refractivity contribution >= 4 is 28.3 Å². The Hall–Kier alpha value is -5.34. The fourth-order valence-electron chi connectivity index (χ4n) is 4.69. The van der Waals surface area contributed by atoms with E-state index in [-0.39, 0.29) is 17.5 Å². The van der Waals surface area contributed by atoms with Crippen molar-refractivity contribution in [1.82, 2.24) is 20.1 Å². The molecule has 0 aliphatic carbocycles. The summed E-state index contributed by atoms with van der Waals surface area (Å²) in [5.74, 6) is -0.590. The van der Waals surface area contributed by atoms with Gasteiger partial charge in [-0.05, 0) is 47.9 Å². The van der Waals surface area contributed by atoms with E-state index in [2.05, 4.69) is 38.9 Å². The molecule has 42 heavy (non-hydrogen) atoms. The average molecular weight is 570 g/mol. The Bertz CT molecular complexity index is 1840. The van der Waals surface area contributed by atoms with Gasteiger partial charge in [0.2, 0.25) is 0 Å². The molecule has 7 nitrogen and oxygen atoms in total. The Morgan fingerprint density at radius 2 is 1.45 bits per heavy atom. The van der Waals surface area contributed by atoms with Gasteiger partial charge in [0.1, 0.15) is 5.69 Å². The molecular formula is C34H27N5O2S. The van der Waals surface area contributed by atoms with Gasteiger partial charge in [-0.3, -0.25) is 14.9 Å². The number of aryl methyl sites for hydroxylation is 1. The van der Waals surface area contributed by atoms with Crippen LogP contribution in [0.25, 0.3) is 28.1 Å². The number of rotatable bonds is 8. The topological polar surface area (TPSA) is 88.9 Å². The van der Waals surface area contributed by atoms with Crippen LogP contribution in [-0.2, 0) is 6.54 Å². The van der Waals surface area contributed by atoms with Gasteiger partial charge in [0.15, 0.2) is 5.13 Å². The van der Waals surface area contributed by atoms with E-state index in [0.29, 0.717) is 17.2 Å². The summed E-state index contributed by atoms with van der Waals surface area (Å²) in [6, 6.07) is 37.3. The van der Waals surface area contributed by atoms with E-state index in [1.807, 2.05) is 103 Å². The highest BCUT2D eigenvalue weighted by molar-refractivity contribution is 7.14. The standard InChI is InChI=1S/C34H27N5O2S/c1-23-20-31(26-12-6-3-7-13-26)39(38-23)27-18-16-24(17-19-27)21-35-33(41)30-22-42-34(36-30)37-32(40)29-15-9-8-14-28(29)25-10-4-2-5-11-25/h2-20,22H,21H2,1H3,(H,35,41)(H,36,37,40). The molecule has 0 fully saturated rings. The Kier molecular flexibility index (Phi) is 7.70. The second kappa shape index (κ2) is 12.0. The van der Waals surface area contributed by atoms with Crippen LogP contribution >= 0.6 is 11.3 Å². The number of carbonyl (C=O) groups is 2. The van der Waals surface area contributed by atoms with Crippen LogP contribution in [0.4, 0.5) is 5.13 Å². The summed E-state index contributed by atoms with van der Waals surface area (Å²) in [6.45, 7) is 2.32. The highest BCUT2D eigenvalue weighted by Gasteiger charge is 2.16. The fourth-order valence-corrected chi connectivity index (χ4v) is 5.37. The van der Waals surface area contributed by atoms with Crippen molar-refractivity contribution in [3.05, 3.63) is 143 Å². The highest BCUT2D eigenvalue weighted by Crippen LogP contribution is 2.26. The molecule has 0 bridgehead atoms. The Labute approximate surface area is 247 Å². The van der Waals surface area contributed by atoms with Gasteiger partial charge in [-0.25, -0.2) is 9.67 Å². The maximum Gasteiger partial charge on any atom is 0.271 e. The quantitative estimate of drug-likeness (QED) is 0.204. The third-order valence-electron chi connectivity index (χ3n) is 6.75. The highest BCUT2D eigenvalue weighted by atomic mass is 32.1. The Balaban J connectivity index is 1.09. The van der Waals surface area contributed by atoms with Gasteiger partial charge in [-0.2, -0.15) is 5.10 Å². The minimum Gasteiger partial charge on any atom is -0.347 e. The third-order valence-corrected chi connectivity index (χ3v) is 7.51. The Morgan fingerprint density at radius 1 is 0.786 bits per heavy atom. The van der Waals surface area contributed by atoms with E-state index in [4.69, 9.17) is 0 Å². The van der Waals surface area contributed by atoms with Gasteiger partial charge in [0.25, 0.3) is 11.8 Å². The zero-order valence-electron chi connectivity index (χ0n) is 22.8. The first-order valence-corrected chi connectivity index (χ1v) is 14.3. The number of anilines is 1. The zero-order valence-corrected chi connectivity index (χ0v) is 23.6. The molecule has 2 amide bonds. The van der Waals surface area contributed by atoms with Crippen LogP contribution in [-0.4, -0.2) is 26.6 Å². The molecule has 0 unspecified atom stereocenters. The lowest BCUT2D eigenvalue weighted by molar-refractivity contribution is 0.0945. The monoisotopic (exact) mass is 569 g/mol. The van der Waals surface area contributed by atoms with E-state index >= 15 is 0 Å². The lowest BCUT2D eigenvalue weighted by atomic mass is 9.99. The average Bonchev–Trinajstić information content (AvgIpc) is 3.67. The molecule has 0 aliphatic rings. The fraction of sp³-hybridized carbons (Fsp3) is 0.0588. The molecule has 2 aromatic heterocycles. The number of nitrogens with one attached hydrogen (secondary N) is 2. The predicted octanol–water partition coefficient (Wildman–Crippen LogP) is 7.15. The number of aromatic nitrogens is 3. The molecule has 8 heteroatoms. The summed E-state index contributed by atoms with van der Waals surface area (Å²) in [5, 5.41) is 12.4. The van der Waals surface area contributed by atoms with Gasteiger partial charge in [0, 0.05) is 23.1 Å². The van der Waals surface area contributed by atoms with E-state index < -0.39 is 0 Å². The van der Waals surface area contributed by atoms with Crippen LogP contribution in [0.3, 0.4) is 0 Å². The zero-order chi connectivity index (χ0) is 28.9. The first-order valence-electron chi connectivity index (χ1n) is 13.5. The van der Waals surface area contributed by atoms with Gasteiger partial charge in [-0.15, -0.1) is 11.3 Å². The molecule has 0 aliphatic heterocycles. The third kappa shape index (κ3) is 5.89. The molecule has 0 saturated carbocycles. The molecule has 6 rings (SSSR count). The maximum atomic E-state index is 13.1. The summed E-state index contributed by atoms with van der Waals surface area (Å²) >= 11 is 1.21. The summed E-state index contributed by atoms with van der Waals surface area (Å²) in [7, 11) is 0. The smallest absolute Gasteiger partial charge is 0.271 e. The second-order valence-corrected chi connectivity index (χ2v) is 10.6. The first-order chi connectivity index (χ1) is 20.5. The minimum absolute atomic E-state index is 0.253. The van der Waals surface area contributed by atoms with Gasteiger partial charge in [0.05, 0.1) is 17.1 Å². The van der Waals surface area contributed by atoms with E-state index in [1.54, 1.807) is 11.4 Å². The summed E-state index contributed by atoms with van der Waals surface area (Å²) < 4.78 is 1.93. The van der Waals surface area contributed by atoms with Gasteiger partial charge < -0.3 is 5.32 Å². The van der Waals surface area contributed by atoms with E-state index in [1.165, 1.54) is 11.3 Å². The largest absolute Gasteiger partial charge is 0.347 e. The molecule has 206 valence electrons. The number of nitrogens with zero attached hydrogens (tertiary/aromatic N) is 3. The van der Waals surface area contributed by atoms with Crippen molar-refractivity contribution in [3.63, 3.8) is 0 Å². The summed E-state index contributed by atoms with van der Waals surface area (Å²) in [4.78, 5) is 30.3. The summed E-state index contributed by atoms with van der Waals surface area (Å²) in [5.41, 5.74) is 7.49. The van der Waals surface area contributed by atoms with Crippen LogP contribution in [0, 0.1) is 6.92 Å². The first kappa shape index (κ1) is 26.9. The molecule has 2 N–H and O–H groups in total. The molecule has 0 spiro atoms. The molecule has 2 heterocycles. The van der Waals surface area contributed by atoms with Crippen molar-refractivity contribution in [2.45, 2.75) is 13.5 Å². The van der Waals surface area contributed by atoms with Crippen LogP contribution in [0.2, 0.25) is 0 Å². The van der Waals surface area contributed by atoms with Crippen LogP contribution in [0.5, 0.6) is 0 Å². The van der Waals surface area contributed by atoms with Crippen molar-refractivity contribution in [3.8, 4) is 28.1 Å². The predicted molar refractivity (Wildman–Crippen MR) is 167 cm³/mol. The lowest BCUT2D eigenvalue weighted by Gasteiger charge is -2.09. The van der Waals surface area contributed by atoms with E-state index in [9.17, 15) is 9.59 Å². The lowest BCUT2D eigenvalue weighted by Crippen LogP contribution is -2.23. The SMILES string of the molecule is Cc1cc(-c2ccccc2)n(-c2ccc(CNC(=O)c3csc(NC(=O)c4ccccc4-c4ccccc4)n3)cc2)n1. The van der Waals surface area contributed by atoms with Crippen LogP contribution < -0.4 is 10.6 Å². The molecular weight excluding hydrogens is 542 g/mol. The van der Waals surface area contributed by atoms with E-state index in [0.717, 1.165) is 39.3 Å². The van der Waals surface area contributed by atoms with Gasteiger partial charge >= 0.3 is 0 Å². The Morgan fingerprint density at radius 3 is 2.19 bits per heavy atom. The number of hydrogen-bond acceptors (Lipinski definition) is 5. The summed E-state index contributed by atoms with van der Waals surface area (Å²) in [6.07, 6.45) is 0. The van der Waals surface area contributed by atoms with Crippen molar-refractivity contribution < 1.29 is 9.59 Å². The molecule has 0 radical (unpaired) electrons. The minimum atomic E-state index is -0.311. The maximum absolute atomic E-state index is 13.1. The van der Waals surface area contributed by atoms with Crippen LogP contribution in [0.1, 0.15) is 32.1 Å². The van der Waals surface area contributed by atoms with Crippen molar-refractivity contribution in [2.75, 3.05) is 5.32 Å². The number of benzene rings is 4. The molecule has 6 aromatic rings. The molecule has 0 saturated heterocycles. The van der Waals surface area contributed by atoms with Crippen molar-refractivity contribution in [1.29, 1.82) is 0 Å². The number of amides is 2. The normalized spacial score (nSPS) is 10.8. The number of hydrogen-bond donors (Lipinski definition) is 2. The van der Waals surface area contributed by atoms with Gasteiger partial charge in [-0.1, -0.05) is 91.0 Å².